The highest BCUT2D eigenvalue weighted by atomic mass is 35.5. The van der Waals surface area contributed by atoms with Gasteiger partial charge in [0, 0.05) is 38.5 Å². The monoisotopic (exact) mass is 447 g/mol. The van der Waals surface area contributed by atoms with E-state index in [1.807, 2.05) is 19.0 Å². The molecule has 4 aromatic rings. The van der Waals surface area contributed by atoms with E-state index in [-0.39, 0.29) is 16.9 Å². The molecule has 0 aliphatic rings. The van der Waals surface area contributed by atoms with Crippen molar-refractivity contribution < 1.29 is 13.9 Å². The van der Waals surface area contributed by atoms with E-state index in [4.69, 9.17) is 21.1 Å². The summed E-state index contributed by atoms with van der Waals surface area (Å²) in [5.74, 6) is 0.632. The summed E-state index contributed by atoms with van der Waals surface area (Å²) in [5.41, 5.74) is 1.57. The minimum Gasteiger partial charge on any atom is -0.495 e. The Balaban J connectivity index is 1.98. The van der Waals surface area contributed by atoms with Gasteiger partial charge in [-0.1, -0.05) is 11.6 Å². The number of hydrogen-bond donors (Lipinski definition) is 1. The molecular formula is C20H23ClFN7O2. The Labute approximate surface area is 183 Å². The number of aryl methyl sites for hydroxylation is 1. The molecule has 164 valence electrons. The van der Waals surface area contributed by atoms with Crippen molar-refractivity contribution in [2.45, 2.75) is 6.10 Å². The van der Waals surface area contributed by atoms with E-state index in [0.29, 0.717) is 40.5 Å². The minimum atomic E-state index is -0.579. The van der Waals surface area contributed by atoms with Crippen LogP contribution in [0.25, 0.3) is 28.1 Å². The van der Waals surface area contributed by atoms with Gasteiger partial charge < -0.3 is 23.5 Å². The lowest BCUT2D eigenvalue weighted by Crippen LogP contribution is -2.22. The van der Waals surface area contributed by atoms with Gasteiger partial charge in [0.15, 0.2) is 17.5 Å². The highest BCUT2D eigenvalue weighted by Gasteiger charge is 2.27. The SMILES string of the molecule is COc1cc2c(-n3ccnc3)c(-c3n[nH]c([C@H](CN(C)C)OC)n3)n(C)c2c(F)c1Cl. The van der Waals surface area contributed by atoms with Gasteiger partial charge >= 0.3 is 0 Å². The maximum absolute atomic E-state index is 15.3. The first-order chi connectivity index (χ1) is 14.9. The summed E-state index contributed by atoms with van der Waals surface area (Å²) in [6.07, 6.45) is 4.76. The van der Waals surface area contributed by atoms with Crippen molar-refractivity contribution in [1.29, 1.82) is 0 Å². The van der Waals surface area contributed by atoms with Crippen LogP contribution in [0.1, 0.15) is 11.9 Å². The van der Waals surface area contributed by atoms with E-state index in [0.717, 1.165) is 0 Å². The Morgan fingerprint density at radius 3 is 2.71 bits per heavy atom. The van der Waals surface area contributed by atoms with E-state index in [1.54, 1.807) is 48.1 Å². The predicted octanol–water partition coefficient (Wildman–Crippen LogP) is 3.20. The fourth-order valence-electron chi connectivity index (χ4n) is 3.69. The largest absolute Gasteiger partial charge is 0.495 e. The van der Waals surface area contributed by atoms with Gasteiger partial charge in [0.2, 0.25) is 0 Å². The molecule has 11 heteroatoms. The number of fused-ring (bicyclic) bond motifs is 1. The molecule has 0 aliphatic heterocycles. The third-order valence-corrected chi connectivity index (χ3v) is 5.47. The molecule has 0 radical (unpaired) electrons. The van der Waals surface area contributed by atoms with Gasteiger partial charge in [0.05, 0.1) is 24.6 Å². The molecule has 0 aliphatic carbocycles. The number of aromatic amines is 1. The summed E-state index contributed by atoms with van der Waals surface area (Å²) in [7, 11) is 8.71. The third kappa shape index (κ3) is 3.56. The molecule has 4 rings (SSSR count). The van der Waals surface area contributed by atoms with Crippen molar-refractivity contribution in [2.75, 3.05) is 34.9 Å². The number of H-pyrrole nitrogens is 1. The van der Waals surface area contributed by atoms with Gasteiger partial charge in [-0.25, -0.2) is 14.4 Å². The summed E-state index contributed by atoms with van der Waals surface area (Å²) in [6.45, 7) is 0.621. The zero-order valence-electron chi connectivity index (χ0n) is 17.8. The fourth-order valence-corrected chi connectivity index (χ4v) is 3.91. The smallest absolute Gasteiger partial charge is 0.200 e. The van der Waals surface area contributed by atoms with Crippen molar-refractivity contribution in [3.8, 4) is 23.0 Å². The van der Waals surface area contributed by atoms with Crippen LogP contribution in [-0.4, -0.2) is 69.1 Å². The minimum absolute atomic E-state index is 0.0829. The van der Waals surface area contributed by atoms with Gasteiger partial charge in [-0.3, -0.25) is 5.10 Å². The van der Waals surface area contributed by atoms with Gasteiger partial charge in [-0.05, 0) is 20.2 Å². The van der Waals surface area contributed by atoms with Crippen LogP contribution in [0, 0.1) is 5.82 Å². The molecule has 0 unspecified atom stereocenters. The van der Waals surface area contributed by atoms with Crippen LogP contribution in [0.4, 0.5) is 4.39 Å². The van der Waals surface area contributed by atoms with E-state index >= 15 is 4.39 Å². The van der Waals surface area contributed by atoms with Crippen LogP contribution in [0.15, 0.2) is 24.8 Å². The summed E-state index contributed by atoms with van der Waals surface area (Å²) < 4.78 is 29.6. The normalized spacial score (nSPS) is 12.8. The molecule has 3 aromatic heterocycles. The lowest BCUT2D eigenvalue weighted by molar-refractivity contribution is 0.0719. The molecule has 1 N–H and O–H groups in total. The van der Waals surface area contributed by atoms with Crippen molar-refractivity contribution >= 4 is 22.5 Å². The topological polar surface area (TPSA) is 86.0 Å². The first kappa shape index (κ1) is 21.3. The second-order valence-electron chi connectivity index (χ2n) is 7.36. The summed E-state index contributed by atoms with van der Waals surface area (Å²) in [5, 5.41) is 7.88. The molecule has 1 aromatic carbocycles. The Kier molecular flexibility index (Phi) is 5.69. The summed E-state index contributed by atoms with van der Waals surface area (Å²) >= 11 is 6.20. The lowest BCUT2D eigenvalue weighted by atomic mass is 10.2. The third-order valence-electron chi connectivity index (χ3n) is 5.12. The molecule has 0 saturated heterocycles. The van der Waals surface area contributed by atoms with Crippen molar-refractivity contribution in [3.63, 3.8) is 0 Å². The highest BCUT2D eigenvalue weighted by Crippen LogP contribution is 2.41. The average molecular weight is 448 g/mol. The van der Waals surface area contributed by atoms with Crippen LogP contribution in [0.5, 0.6) is 5.75 Å². The number of hydrogen-bond acceptors (Lipinski definition) is 6. The average Bonchev–Trinajstić information content (AvgIpc) is 3.47. The first-order valence-corrected chi connectivity index (χ1v) is 9.88. The van der Waals surface area contributed by atoms with Gasteiger partial charge in [0.1, 0.15) is 22.6 Å². The number of benzene rings is 1. The van der Waals surface area contributed by atoms with Crippen molar-refractivity contribution in [2.24, 2.45) is 7.05 Å². The van der Waals surface area contributed by atoms with Crippen LogP contribution >= 0.6 is 11.6 Å². The number of rotatable bonds is 7. The molecule has 0 bridgehead atoms. The van der Waals surface area contributed by atoms with Crippen molar-refractivity contribution in [3.05, 3.63) is 41.5 Å². The van der Waals surface area contributed by atoms with Crippen LogP contribution in [0.3, 0.4) is 0 Å². The number of imidazole rings is 1. The number of nitrogens with one attached hydrogen (secondary N) is 1. The Morgan fingerprint density at radius 1 is 1.32 bits per heavy atom. The molecule has 9 nitrogen and oxygen atoms in total. The fraction of sp³-hybridized carbons (Fsp3) is 0.350. The standard InChI is InChI=1S/C20H23ClFN7O2/c1-27(2)9-13(31-5)19-24-20(26-25-19)18-17(29-7-6-23-10-29)11-8-12(30-4)14(21)15(22)16(11)28(18)3/h6-8,10,13H,9H2,1-5H3,(H,24,25,26)/t13-/m0/s1. The van der Waals surface area contributed by atoms with E-state index < -0.39 is 5.82 Å². The maximum atomic E-state index is 15.3. The Morgan fingerprint density at radius 2 is 2.10 bits per heavy atom. The van der Waals surface area contributed by atoms with Gasteiger partial charge in [-0.2, -0.15) is 5.10 Å². The second-order valence-corrected chi connectivity index (χ2v) is 7.74. The van der Waals surface area contributed by atoms with Crippen LogP contribution in [-0.2, 0) is 11.8 Å². The number of likely N-dealkylation sites (N-methyl/N-ethyl adjacent to an activating group) is 1. The molecule has 31 heavy (non-hydrogen) atoms. The molecular weight excluding hydrogens is 425 g/mol. The number of ether oxygens (including phenoxy) is 2. The van der Waals surface area contributed by atoms with E-state index in [1.165, 1.54) is 7.11 Å². The summed E-state index contributed by atoms with van der Waals surface area (Å²) in [4.78, 5) is 10.8. The lowest BCUT2D eigenvalue weighted by Gasteiger charge is -2.17. The maximum Gasteiger partial charge on any atom is 0.200 e. The van der Waals surface area contributed by atoms with Gasteiger partial charge in [-0.15, -0.1) is 0 Å². The van der Waals surface area contributed by atoms with Crippen LogP contribution < -0.4 is 4.74 Å². The second kappa shape index (κ2) is 8.29. The molecule has 1 atom stereocenters. The van der Waals surface area contributed by atoms with Gasteiger partial charge in [0.25, 0.3) is 0 Å². The number of halogens is 2. The number of aromatic nitrogens is 6. The first-order valence-electron chi connectivity index (χ1n) is 9.50. The quantitative estimate of drug-likeness (QED) is 0.468. The van der Waals surface area contributed by atoms with Crippen LogP contribution in [0.2, 0.25) is 5.02 Å². The zero-order chi connectivity index (χ0) is 22.3. The molecule has 0 spiro atoms. The number of nitrogens with zero attached hydrogens (tertiary/aromatic N) is 6. The van der Waals surface area contributed by atoms with Crippen molar-refractivity contribution in [1.82, 2.24) is 34.2 Å². The molecule has 0 saturated carbocycles. The molecule has 0 amide bonds. The van der Waals surface area contributed by atoms with E-state index in [9.17, 15) is 0 Å². The number of methoxy groups -OCH3 is 2. The summed E-state index contributed by atoms with van der Waals surface area (Å²) in [6, 6.07) is 1.71. The Hall–Kier alpha value is -2.95. The molecule has 0 fully saturated rings. The zero-order valence-corrected chi connectivity index (χ0v) is 18.6. The Bertz CT molecular complexity index is 1220. The predicted molar refractivity (Wildman–Crippen MR) is 115 cm³/mol. The highest BCUT2D eigenvalue weighted by molar-refractivity contribution is 6.33. The molecule has 3 heterocycles. The van der Waals surface area contributed by atoms with E-state index in [2.05, 4.69) is 20.2 Å².